The van der Waals surface area contributed by atoms with Crippen molar-refractivity contribution in [1.29, 1.82) is 0 Å². The molecule has 7 heteroatoms. The highest BCUT2D eigenvalue weighted by atomic mass is 32.3. The van der Waals surface area contributed by atoms with E-state index in [0.717, 1.165) is 0 Å². The van der Waals surface area contributed by atoms with Crippen LogP contribution in [0.3, 0.4) is 0 Å². The summed E-state index contributed by atoms with van der Waals surface area (Å²) in [6.07, 6.45) is 22.1. The second-order valence-electron chi connectivity index (χ2n) is 14.5. The fourth-order valence-electron chi connectivity index (χ4n) is 6.49. The van der Waals surface area contributed by atoms with E-state index in [1.807, 2.05) is 12.1 Å². The number of hydrogen-bond donors (Lipinski definition) is 0. The van der Waals surface area contributed by atoms with Crippen LogP contribution < -0.4 is 0 Å². The standard InChI is InChI=1S/2C16H36N.C12H10O3S2/c2*1-5-9-13-17(14-10-6-2,15-11-7-3)16-12-8-4;13-16(11-7-3-1-4-8-11)15-17(14)12-9-5-2-6-10-12/h2*5-16H2,1-4H3;1-10H/q2*+1;. The highest BCUT2D eigenvalue weighted by Crippen LogP contribution is 2.18. The van der Waals surface area contributed by atoms with Crippen LogP contribution in [0.15, 0.2) is 70.5 Å². The van der Waals surface area contributed by atoms with Gasteiger partial charge in [-0.1, -0.05) is 143 Å². The Balaban J connectivity index is 0.000000735. The fraction of sp³-hybridized carbons (Fsp3) is 0.727. The third-order valence-corrected chi connectivity index (χ3v) is 12.2. The van der Waals surface area contributed by atoms with Crippen molar-refractivity contribution < 1.29 is 21.0 Å². The van der Waals surface area contributed by atoms with Crippen molar-refractivity contribution in [2.75, 3.05) is 52.4 Å². The van der Waals surface area contributed by atoms with Crippen LogP contribution in [0.5, 0.6) is 0 Å². The van der Waals surface area contributed by atoms with Crippen molar-refractivity contribution in [3.63, 3.8) is 0 Å². The summed E-state index contributed by atoms with van der Waals surface area (Å²) in [5.74, 6) is 0. The number of hydrogen-bond acceptors (Lipinski definition) is 3. The molecule has 0 amide bonds. The first-order chi connectivity index (χ1) is 24.8. The summed E-state index contributed by atoms with van der Waals surface area (Å²) in [4.78, 5) is 0.994. The molecular formula is C44H82N2O3S2+2. The minimum Gasteiger partial charge on any atom is -0.324 e. The lowest BCUT2D eigenvalue weighted by atomic mass is 10.1. The normalized spacial score (nSPS) is 12.7. The molecule has 0 saturated heterocycles. The van der Waals surface area contributed by atoms with Gasteiger partial charge in [0.25, 0.3) is 0 Å². The van der Waals surface area contributed by atoms with E-state index in [1.165, 1.54) is 164 Å². The number of quaternary nitrogens is 2. The van der Waals surface area contributed by atoms with Crippen LogP contribution in [0.2, 0.25) is 0 Å². The minimum atomic E-state index is -1.71. The molecule has 0 N–H and O–H groups in total. The Bertz CT molecular complexity index is 924. The topological polar surface area (TPSA) is 43.4 Å². The van der Waals surface area contributed by atoms with Crippen molar-refractivity contribution in [3.05, 3.63) is 60.7 Å². The van der Waals surface area contributed by atoms with E-state index in [1.54, 1.807) is 48.5 Å². The largest absolute Gasteiger partial charge is 0.324 e. The Labute approximate surface area is 322 Å². The van der Waals surface area contributed by atoms with Gasteiger partial charge in [-0.2, -0.15) is 3.63 Å². The molecule has 0 radical (unpaired) electrons. The van der Waals surface area contributed by atoms with Crippen LogP contribution in [-0.4, -0.2) is 69.7 Å². The summed E-state index contributed by atoms with van der Waals surface area (Å²) >= 11 is -3.43. The third kappa shape index (κ3) is 23.8. The quantitative estimate of drug-likeness (QED) is 0.0814. The molecule has 2 aromatic rings. The molecule has 0 aliphatic carbocycles. The van der Waals surface area contributed by atoms with Gasteiger partial charge in [-0.25, -0.2) is 8.42 Å². The van der Waals surface area contributed by atoms with Gasteiger partial charge in [0.2, 0.25) is 22.2 Å². The molecule has 0 saturated carbocycles. The predicted molar refractivity (Wildman–Crippen MR) is 226 cm³/mol. The van der Waals surface area contributed by atoms with Gasteiger partial charge in [-0.15, -0.1) is 0 Å². The Morgan fingerprint density at radius 3 is 0.745 bits per heavy atom. The van der Waals surface area contributed by atoms with Crippen molar-refractivity contribution in [2.45, 2.75) is 168 Å². The fourth-order valence-corrected chi connectivity index (χ4v) is 8.32. The molecule has 296 valence electrons. The second-order valence-corrected chi connectivity index (χ2v) is 16.9. The molecule has 51 heavy (non-hydrogen) atoms. The van der Waals surface area contributed by atoms with Crippen molar-refractivity contribution >= 4 is 22.2 Å². The SMILES string of the molecule is CCCC[N+](CCCC)(CCCC)CCCC.CCCC[N+](CCCC)(CCCC)CCCC.O=S(OS(=O)c1ccccc1)c1ccccc1. The molecule has 0 fully saturated rings. The van der Waals surface area contributed by atoms with Crippen molar-refractivity contribution in [1.82, 2.24) is 0 Å². The molecule has 2 rings (SSSR count). The predicted octanol–water partition coefficient (Wildman–Crippen LogP) is 12.5. The summed E-state index contributed by atoms with van der Waals surface area (Å²) in [6.45, 7) is 30.0. The van der Waals surface area contributed by atoms with Gasteiger partial charge in [0.1, 0.15) is 0 Å². The molecule has 0 aliphatic heterocycles. The van der Waals surface area contributed by atoms with E-state index >= 15 is 0 Å². The maximum Gasteiger partial charge on any atom is 0.203 e. The second kappa shape index (κ2) is 33.2. The molecule has 5 nitrogen and oxygen atoms in total. The van der Waals surface area contributed by atoms with Gasteiger partial charge in [-0.3, -0.25) is 0 Å². The van der Waals surface area contributed by atoms with E-state index in [9.17, 15) is 8.42 Å². The Morgan fingerprint density at radius 2 is 0.569 bits per heavy atom. The molecular weight excluding hydrogens is 669 g/mol. The van der Waals surface area contributed by atoms with Crippen LogP contribution in [0.25, 0.3) is 0 Å². The summed E-state index contributed by atoms with van der Waals surface area (Å²) in [7, 11) is 0. The van der Waals surface area contributed by atoms with Gasteiger partial charge in [0.15, 0.2) is 0 Å². The molecule has 0 atom stereocenters. The van der Waals surface area contributed by atoms with Gasteiger partial charge >= 0.3 is 0 Å². The van der Waals surface area contributed by atoms with E-state index in [4.69, 9.17) is 3.63 Å². The lowest BCUT2D eigenvalue weighted by Gasteiger charge is -2.39. The zero-order valence-corrected chi connectivity index (χ0v) is 36.3. The van der Waals surface area contributed by atoms with E-state index in [2.05, 4.69) is 55.4 Å². The Hall–Kier alpha value is -1.38. The average molecular weight is 751 g/mol. The molecule has 2 aromatic carbocycles. The third-order valence-electron chi connectivity index (χ3n) is 9.88. The maximum atomic E-state index is 11.7. The lowest BCUT2D eigenvalue weighted by molar-refractivity contribution is -0.929. The molecule has 0 heterocycles. The first kappa shape index (κ1) is 49.6. The van der Waals surface area contributed by atoms with Gasteiger partial charge < -0.3 is 8.97 Å². The Kier molecular flexibility index (Phi) is 32.3. The van der Waals surface area contributed by atoms with Gasteiger partial charge in [0.05, 0.1) is 62.1 Å². The van der Waals surface area contributed by atoms with Gasteiger partial charge in [0, 0.05) is 0 Å². The molecule has 0 unspecified atom stereocenters. The van der Waals surface area contributed by atoms with Crippen molar-refractivity contribution in [3.8, 4) is 0 Å². The highest BCUT2D eigenvalue weighted by Gasteiger charge is 2.25. The summed E-state index contributed by atoms with van der Waals surface area (Å²) in [5, 5.41) is 0. The smallest absolute Gasteiger partial charge is 0.203 e. The number of nitrogens with zero attached hydrogens (tertiary/aromatic N) is 2. The van der Waals surface area contributed by atoms with E-state index in [-0.39, 0.29) is 0 Å². The van der Waals surface area contributed by atoms with E-state index < -0.39 is 22.2 Å². The molecule has 0 aliphatic rings. The highest BCUT2D eigenvalue weighted by molar-refractivity contribution is 7.93. The van der Waals surface area contributed by atoms with Crippen LogP contribution in [0.1, 0.15) is 158 Å². The van der Waals surface area contributed by atoms with E-state index in [0.29, 0.717) is 9.79 Å². The van der Waals surface area contributed by atoms with Crippen molar-refractivity contribution in [2.24, 2.45) is 0 Å². The van der Waals surface area contributed by atoms with Crippen LogP contribution in [0, 0.1) is 0 Å². The minimum absolute atomic E-state index is 0.497. The monoisotopic (exact) mass is 751 g/mol. The molecule has 0 aromatic heterocycles. The Morgan fingerprint density at radius 1 is 0.373 bits per heavy atom. The molecule has 0 spiro atoms. The maximum absolute atomic E-state index is 11.7. The number of benzene rings is 2. The van der Waals surface area contributed by atoms with Crippen LogP contribution in [0.4, 0.5) is 0 Å². The lowest BCUT2D eigenvalue weighted by Crippen LogP contribution is -2.50. The molecule has 0 bridgehead atoms. The van der Waals surface area contributed by atoms with Crippen LogP contribution in [-0.2, 0) is 25.8 Å². The first-order valence-electron chi connectivity index (χ1n) is 21.1. The first-order valence-corrected chi connectivity index (χ1v) is 23.2. The number of unbranched alkanes of at least 4 members (excludes halogenated alkanes) is 8. The summed E-state index contributed by atoms with van der Waals surface area (Å²) in [6, 6.07) is 17.3. The van der Waals surface area contributed by atoms with Crippen LogP contribution >= 0.6 is 0 Å². The zero-order chi connectivity index (χ0) is 38.1. The number of rotatable bonds is 28. The summed E-state index contributed by atoms with van der Waals surface area (Å²) in [5.41, 5.74) is 0. The average Bonchev–Trinajstić information content (AvgIpc) is 3.18. The zero-order valence-electron chi connectivity index (χ0n) is 34.7. The van der Waals surface area contributed by atoms with Gasteiger partial charge in [-0.05, 0) is 75.6 Å². The summed E-state index contributed by atoms with van der Waals surface area (Å²) < 4.78 is 31.3.